The molecule has 0 spiro atoms. The zero-order chi connectivity index (χ0) is 19.9. The number of amides is 1. The Morgan fingerprint density at radius 3 is 2.86 bits per heavy atom. The van der Waals surface area contributed by atoms with E-state index in [4.69, 9.17) is 0 Å². The average molecular weight is 382 g/mol. The number of para-hydroxylation sites is 1. The lowest BCUT2D eigenvalue weighted by atomic mass is 10.1. The van der Waals surface area contributed by atoms with Crippen molar-refractivity contribution in [2.45, 2.75) is 45.7 Å². The summed E-state index contributed by atoms with van der Waals surface area (Å²) in [5.41, 5.74) is 1.88. The molecule has 1 amide bonds. The van der Waals surface area contributed by atoms with Crippen LogP contribution in [-0.4, -0.2) is 50.7 Å². The van der Waals surface area contributed by atoms with Crippen molar-refractivity contribution in [3.05, 3.63) is 48.6 Å². The third-order valence-corrected chi connectivity index (χ3v) is 4.83. The smallest absolute Gasteiger partial charge is 0.224 e. The van der Waals surface area contributed by atoms with Gasteiger partial charge in [-0.1, -0.05) is 37.3 Å². The van der Waals surface area contributed by atoms with Crippen LogP contribution in [0.1, 0.15) is 38.8 Å². The van der Waals surface area contributed by atoms with Gasteiger partial charge < -0.3 is 5.32 Å². The molecule has 1 aliphatic rings. The predicted molar refractivity (Wildman–Crippen MR) is 107 cm³/mol. The highest BCUT2D eigenvalue weighted by molar-refractivity contribution is 5.93. The Labute approximate surface area is 166 Å². The number of benzene rings is 1. The van der Waals surface area contributed by atoms with Gasteiger partial charge in [0.1, 0.15) is 0 Å². The molecule has 1 N–H and O–H groups in total. The van der Waals surface area contributed by atoms with E-state index in [0.717, 1.165) is 30.8 Å². The van der Waals surface area contributed by atoms with Crippen molar-refractivity contribution in [2.24, 2.45) is 5.92 Å². The molecule has 1 radical (unpaired) electrons. The molecule has 1 fully saturated rings. The fraction of sp³-hybridized carbons (Fsp3) is 0.476. The maximum Gasteiger partial charge on any atom is 0.224 e. The lowest BCUT2D eigenvalue weighted by Gasteiger charge is -2.20. The molecular formula is C21H28N5O2. The Bertz CT molecular complexity index is 787. The summed E-state index contributed by atoms with van der Waals surface area (Å²) in [5.74, 6) is 0.337. The van der Waals surface area contributed by atoms with Gasteiger partial charge in [0.05, 0.1) is 30.2 Å². The monoisotopic (exact) mass is 382 g/mol. The van der Waals surface area contributed by atoms with E-state index >= 15 is 0 Å². The molecule has 3 rings (SSSR count). The number of hydrogen-bond donors (Lipinski definition) is 1. The minimum atomic E-state index is -0.405. The van der Waals surface area contributed by atoms with E-state index in [1.807, 2.05) is 30.3 Å². The van der Waals surface area contributed by atoms with Crippen LogP contribution in [0.4, 0.5) is 0 Å². The highest BCUT2D eigenvalue weighted by Gasteiger charge is 2.26. The summed E-state index contributed by atoms with van der Waals surface area (Å²) in [6.45, 7) is 5.83. The van der Waals surface area contributed by atoms with Gasteiger partial charge in [-0.25, -0.2) is 4.68 Å². The molecule has 7 heteroatoms. The lowest BCUT2D eigenvalue weighted by Crippen LogP contribution is -2.43. The minimum Gasteiger partial charge on any atom is -0.346 e. The van der Waals surface area contributed by atoms with Gasteiger partial charge in [0.2, 0.25) is 5.91 Å². The normalized spacial score (nSPS) is 18.2. The van der Waals surface area contributed by atoms with Crippen molar-refractivity contribution in [2.75, 3.05) is 13.1 Å². The molecular weight excluding hydrogens is 354 g/mol. The van der Waals surface area contributed by atoms with E-state index in [2.05, 4.69) is 34.4 Å². The molecule has 2 heterocycles. The second-order valence-corrected chi connectivity index (χ2v) is 7.69. The fourth-order valence-electron chi connectivity index (χ4n) is 3.33. The van der Waals surface area contributed by atoms with Crippen molar-refractivity contribution in [3.63, 3.8) is 0 Å². The second kappa shape index (κ2) is 9.59. The van der Waals surface area contributed by atoms with E-state index < -0.39 is 6.04 Å². The molecule has 0 bridgehead atoms. The molecule has 2 aromatic rings. The number of likely N-dealkylation sites (tertiary alicyclic amines) is 1. The van der Waals surface area contributed by atoms with Crippen molar-refractivity contribution in [3.8, 4) is 5.69 Å². The number of carbonyl (C=O) groups is 2. The molecule has 7 nitrogen and oxygen atoms in total. The van der Waals surface area contributed by atoms with Crippen molar-refractivity contribution < 1.29 is 9.59 Å². The van der Waals surface area contributed by atoms with Gasteiger partial charge in [0, 0.05) is 13.0 Å². The Balaban J connectivity index is 1.59. The largest absolute Gasteiger partial charge is 0.346 e. The first-order chi connectivity index (χ1) is 13.5. The summed E-state index contributed by atoms with van der Waals surface area (Å²) in [4.78, 5) is 26.8. The van der Waals surface area contributed by atoms with Crippen molar-refractivity contribution in [1.29, 1.82) is 0 Å². The Kier molecular flexibility index (Phi) is 6.92. The van der Waals surface area contributed by atoms with E-state index in [1.165, 1.54) is 0 Å². The quantitative estimate of drug-likeness (QED) is 0.794. The Morgan fingerprint density at radius 2 is 2.11 bits per heavy atom. The lowest BCUT2D eigenvalue weighted by molar-refractivity contribution is -0.126. The van der Waals surface area contributed by atoms with Crippen LogP contribution in [0.25, 0.3) is 5.69 Å². The van der Waals surface area contributed by atoms with E-state index in [-0.39, 0.29) is 11.7 Å². The van der Waals surface area contributed by atoms with Crippen LogP contribution in [0.3, 0.4) is 0 Å². The molecule has 28 heavy (non-hydrogen) atoms. The first-order valence-corrected chi connectivity index (χ1v) is 9.86. The third-order valence-electron chi connectivity index (χ3n) is 4.83. The van der Waals surface area contributed by atoms with Crippen LogP contribution < -0.4 is 5.32 Å². The van der Waals surface area contributed by atoms with Crippen LogP contribution in [0.5, 0.6) is 0 Å². The summed E-state index contributed by atoms with van der Waals surface area (Å²) >= 11 is 0. The van der Waals surface area contributed by atoms with Crippen LogP contribution >= 0.6 is 0 Å². The number of aromatic nitrogens is 3. The highest BCUT2D eigenvalue weighted by atomic mass is 16.2. The van der Waals surface area contributed by atoms with Gasteiger partial charge in [-0.3, -0.25) is 14.5 Å². The fourth-order valence-corrected chi connectivity index (χ4v) is 3.33. The zero-order valence-corrected chi connectivity index (χ0v) is 16.5. The van der Waals surface area contributed by atoms with Gasteiger partial charge >= 0.3 is 0 Å². The maximum absolute atomic E-state index is 12.7. The average Bonchev–Trinajstić information content (AvgIpc) is 3.06. The number of rotatable bonds is 7. The van der Waals surface area contributed by atoms with Gasteiger partial charge in [0.15, 0.2) is 5.78 Å². The number of nitrogens with zero attached hydrogens (tertiary/aromatic N) is 4. The second-order valence-electron chi connectivity index (χ2n) is 7.69. The number of hydrogen-bond acceptors (Lipinski definition) is 5. The van der Waals surface area contributed by atoms with Crippen LogP contribution in [-0.2, 0) is 16.1 Å². The zero-order valence-electron chi connectivity index (χ0n) is 16.5. The first kappa shape index (κ1) is 20.2. The van der Waals surface area contributed by atoms with E-state index in [0.29, 0.717) is 25.4 Å². The molecule has 1 aliphatic heterocycles. The Morgan fingerprint density at radius 1 is 1.32 bits per heavy atom. The molecule has 1 aromatic heterocycles. The summed E-state index contributed by atoms with van der Waals surface area (Å²) in [7, 11) is 0. The van der Waals surface area contributed by atoms with Crippen LogP contribution in [0, 0.1) is 12.3 Å². The standard InChI is InChI=1S/C21H28N5O2/c1-16(2)10-11-21(28)23-19-9-6-12-25(15-20(19)27)14-18-13-22-24-26(18)17-7-4-3-5-8-17/h3-5,7-8,11,13,16,19H,6,9-10,12,14-15H2,1-2H3,(H,23,28)/t19-/m0/s1. The predicted octanol–water partition coefficient (Wildman–Crippen LogP) is 2.17. The topological polar surface area (TPSA) is 80.1 Å². The molecule has 149 valence electrons. The molecule has 0 aliphatic carbocycles. The molecule has 1 saturated heterocycles. The summed E-state index contributed by atoms with van der Waals surface area (Å²) in [6, 6.07) is 9.43. The van der Waals surface area contributed by atoms with E-state index in [1.54, 1.807) is 17.3 Å². The number of Topliss-reactive ketones (excluding diaryl/α,β-unsaturated/α-hetero) is 1. The highest BCUT2D eigenvalue weighted by Crippen LogP contribution is 2.15. The first-order valence-electron chi connectivity index (χ1n) is 9.86. The van der Waals surface area contributed by atoms with Gasteiger partial charge in [-0.15, -0.1) is 5.10 Å². The molecule has 1 aromatic carbocycles. The number of carbonyl (C=O) groups excluding carboxylic acids is 2. The third kappa shape index (κ3) is 5.48. The van der Waals surface area contributed by atoms with Crippen LogP contribution in [0.15, 0.2) is 36.5 Å². The SMILES string of the molecule is CC(C)C[CH]C(=O)N[C@H]1CCCN(Cc2cnnn2-c2ccccc2)CC1=O. The van der Waals surface area contributed by atoms with Gasteiger partial charge in [-0.05, 0) is 43.9 Å². The van der Waals surface area contributed by atoms with Crippen molar-refractivity contribution in [1.82, 2.24) is 25.2 Å². The number of ketones is 1. The molecule has 0 unspecified atom stereocenters. The maximum atomic E-state index is 12.7. The summed E-state index contributed by atoms with van der Waals surface area (Å²) in [5, 5.41) is 11.1. The summed E-state index contributed by atoms with van der Waals surface area (Å²) in [6.07, 6.45) is 5.63. The molecule has 0 saturated carbocycles. The Hall–Kier alpha value is -2.54. The minimum absolute atomic E-state index is 0.0579. The summed E-state index contributed by atoms with van der Waals surface area (Å²) < 4.78 is 1.80. The van der Waals surface area contributed by atoms with Crippen molar-refractivity contribution >= 4 is 11.7 Å². The number of nitrogens with one attached hydrogen (secondary N) is 1. The molecule has 1 atom stereocenters. The van der Waals surface area contributed by atoms with E-state index in [9.17, 15) is 9.59 Å². The van der Waals surface area contributed by atoms with Crippen LogP contribution in [0.2, 0.25) is 0 Å². The van der Waals surface area contributed by atoms with Gasteiger partial charge in [-0.2, -0.15) is 0 Å². The van der Waals surface area contributed by atoms with Gasteiger partial charge in [0.25, 0.3) is 0 Å².